The normalized spacial score (nSPS) is 12.4. The first kappa shape index (κ1) is 12.5. The second kappa shape index (κ2) is 8.13. The van der Waals surface area contributed by atoms with E-state index in [0.717, 1.165) is 31.3 Å². The van der Waals surface area contributed by atoms with Crippen LogP contribution in [0.3, 0.4) is 0 Å². The van der Waals surface area contributed by atoms with Crippen LogP contribution in [0.25, 0.3) is 0 Å². The van der Waals surface area contributed by atoms with Gasteiger partial charge in [-0.1, -0.05) is 20.8 Å². The van der Waals surface area contributed by atoms with Gasteiger partial charge >= 0.3 is 0 Å². The molecule has 0 saturated carbocycles. The van der Waals surface area contributed by atoms with E-state index < -0.39 is 0 Å². The van der Waals surface area contributed by atoms with Crippen LogP contribution in [0.2, 0.25) is 0 Å². The maximum absolute atomic E-state index is 3.46. The summed E-state index contributed by atoms with van der Waals surface area (Å²) >= 11 is 0. The van der Waals surface area contributed by atoms with Crippen LogP contribution in [0.1, 0.15) is 40.5 Å². The highest BCUT2D eigenvalue weighted by Crippen LogP contribution is 2.03. The molecule has 1 nitrogen and oxygen atoms in total. The average molecular weight is 181 g/mol. The van der Waals surface area contributed by atoms with Crippen LogP contribution in [-0.2, 0) is 0 Å². The van der Waals surface area contributed by atoms with Crippen molar-refractivity contribution in [3.63, 3.8) is 0 Å². The number of hydrogen-bond donors (Lipinski definition) is 1. The fourth-order valence-corrected chi connectivity index (χ4v) is 1.16. The van der Waals surface area contributed by atoms with Crippen LogP contribution >= 0.6 is 0 Å². The second-order valence-electron chi connectivity index (χ2n) is 4.12. The zero-order valence-corrected chi connectivity index (χ0v) is 9.48. The first-order valence-electron chi connectivity index (χ1n) is 5.27. The third kappa shape index (κ3) is 9.43. The summed E-state index contributed by atoms with van der Waals surface area (Å²) in [5.41, 5.74) is 0. The van der Waals surface area contributed by atoms with Crippen molar-refractivity contribution in [1.82, 2.24) is 5.32 Å². The fraction of sp³-hybridized carbons (Fsp3) is 0.833. The molecule has 0 aliphatic carbocycles. The Kier molecular flexibility index (Phi) is 7.83. The van der Waals surface area contributed by atoms with Gasteiger partial charge in [0.05, 0.1) is 0 Å². The van der Waals surface area contributed by atoms with Crippen molar-refractivity contribution >= 4 is 0 Å². The van der Waals surface area contributed by atoms with Gasteiger partial charge in [-0.2, -0.15) is 0 Å². The SMILES string of the molecule is CC#CCCC(C)CNCC(C)C. The molecule has 1 N–H and O–H groups in total. The minimum atomic E-state index is 0.750. The molecule has 0 aromatic heterocycles. The lowest BCUT2D eigenvalue weighted by atomic mass is 10.1. The summed E-state index contributed by atoms with van der Waals surface area (Å²) in [5.74, 6) is 7.53. The van der Waals surface area contributed by atoms with Gasteiger partial charge in [-0.05, 0) is 38.3 Å². The van der Waals surface area contributed by atoms with Crippen molar-refractivity contribution in [3.05, 3.63) is 0 Å². The fourth-order valence-electron chi connectivity index (χ4n) is 1.16. The lowest BCUT2D eigenvalue weighted by molar-refractivity contribution is 0.458. The standard InChI is InChI=1S/C12H23N/c1-5-6-7-8-12(4)10-13-9-11(2)3/h11-13H,7-10H2,1-4H3. The minimum absolute atomic E-state index is 0.750. The highest BCUT2D eigenvalue weighted by atomic mass is 14.9. The summed E-state index contributed by atoms with van der Waals surface area (Å²) < 4.78 is 0. The van der Waals surface area contributed by atoms with Crippen molar-refractivity contribution in [3.8, 4) is 11.8 Å². The summed E-state index contributed by atoms with van der Waals surface area (Å²) in [6.07, 6.45) is 2.26. The Hall–Kier alpha value is -0.480. The van der Waals surface area contributed by atoms with Gasteiger partial charge in [0.1, 0.15) is 0 Å². The summed E-state index contributed by atoms with van der Waals surface area (Å²) in [7, 11) is 0. The third-order valence-electron chi connectivity index (χ3n) is 1.98. The van der Waals surface area contributed by atoms with Crippen LogP contribution in [-0.4, -0.2) is 13.1 Å². The van der Waals surface area contributed by atoms with Crippen molar-refractivity contribution in [2.45, 2.75) is 40.5 Å². The molecule has 0 rings (SSSR count). The molecule has 0 aliphatic rings. The van der Waals surface area contributed by atoms with E-state index in [2.05, 4.69) is 37.9 Å². The van der Waals surface area contributed by atoms with Crippen LogP contribution in [0.4, 0.5) is 0 Å². The Balaban J connectivity index is 3.28. The summed E-state index contributed by atoms with van der Waals surface area (Å²) in [5, 5.41) is 3.46. The van der Waals surface area contributed by atoms with Gasteiger partial charge in [0.25, 0.3) is 0 Å². The van der Waals surface area contributed by atoms with Gasteiger partial charge in [-0.3, -0.25) is 0 Å². The molecule has 0 saturated heterocycles. The Labute approximate surface area is 83.3 Å². The van der Waals surface area contributed by atoms with Gasteiger partial charge < -0.3 is 5.32 Å². The maximum atomic E-state index is 3.46. The first-order valence-corrected chi connectivity index (χ1v) is 5.27. The smallest absolute Gasteiger partial charge is 0.00915 e. The Morgan fingerprint density at radius 1 is 1.15 bits per heavy atom. The first-order chi connectivity index (χ1) is 6.16. The molecule has 0 bridgehead atoms. The van der Waals surface area contributed by atoms with Gasteiger partial charge in [0, 0.05) is 6.42 Å². The van der Waals surface area contributed by atoms with E-state index in [0.29, 0.717) is 0 Å². The molecule has 0 radical (unpaired) electrons. The van der Waals surface area contributed by atoms with E-state index in [1.807, 2.05) is 6.92 Å². The van der Waals surface area contributed by atoms with Crippen molar-refractivity contribution in [2.24, 2.45) is 11.8 Å². The average Bonchev–Trinajstić information content (AvgIpc) is 2.04. The monoisotopic (exact) mass is 181 g/mol. The van der Waals surface area contributed by atoms with E-state index in [-0.39, 0.29) is 0 Å². The van der Waals surface area contributed by atoms with Crippen molar-refractivity contribution < 1.29 is 0 Å². The van der Waals surface area contributed by atoms with E-state index in [4.69, 9.17) is 0 Å². The molecule has 13 heavy (non-hydrogen) atoms. The van der Waals surface area contributed by atoms with Crippen LogP contribution in [0.15, 0.2) is 0 Å². The summed E-state index contributed by atoms with van der Waals surface area (Å²) in [6, 6.07) is 0. The molecule has 1 heteroatoms. The Morgan fingerprint density at radius 3 is 2.38 bits per heavy atom. The predicted molar refractivity (Wildman–Crippen MR) is 59.6 cm³/mol. The topological polar surface area (TPSA) is 12.0 Å². The Morgan fingerprint density at radius 2 is 1.85 bits per heavy atom. The van der Waals surface area contributed by atoms with E-state index in [1.165, 1.54) is 6.42 Å². The molecule has 0 spiro atoms. The molecule has 1 unspecified atom stereocenters. The van der Waals surface area contributed by atoms with Crippen LogP contribution in [0.5, 0.6) is 0 Å². The van der Waals surface area contributed by atoms with E-state index in [1.54, 1.807) is 0 Å². The summed E-state index contributed by atoms with van der Waals surface area (Å²) in [6.45, 7) is 10.9. The molecule has 0 aromatic rings. The molecule has 0 amide bonds. The minimum Gasteiger partial charge on any atom is -0.316 e. The molecule has 0 aliphatic heterocycles. The lowest BCUT2D eigenvalue weighted by Crippen LogP contribution is -2.25. The molecular weight excluding hydrogens is 158 g/mol. The third-order valence-corrected chi connectivity index (χ3v) is 1.98. The van der Waals surface area contributed by atoms with E-state index >= 15 is 0 Å². The van der Waals surface area contributed by atoms with E-state index in [9.17, 15) is 0 Å². The Bertz CT molecular complexity index is 162. The largest absolute Gasteiger partial charge is 0.316 e. The summed E-state index contributed by atoms with van der Waals surface area (Å²) in [4.78, 5) is 0. The highest BCUT2D eigenvalue weighted by Gasteiger charge is 2.00. The van der Waals surface area contributed by atoms with Crippen molar-refractivity contribution in [1.29, 1.82) is 0 Å². The second-order valence-corrected chi connectivity index (χ2v) is 4.12. The van der Waals surface area contributed by atoms with Crippen molar-refractivity contribution in [2.75, 3.05) is 13.1 Å². The zero-order chi connectivity index (χ0) is 10.1. The zero-order valence-electron chi connectivity index (χ0n) is 9.48. The molecule has 0 aromatic carbocycles. The number of rotatable bonds is 6. The maximum Gasteiger partial charge on any atom is 0.00915 e. The highest BCUT2D eigenvalue weighted by molar-refractivity contribution is 4.94. The van der Waals surface area contributed by atoms with Gasteiger partial charge in [-0.15, -0.1) is 11.8 Å². The molecular formula is C12H23N. The quantitative estimate of drug-likeness (QED) is 0.621. The van der Waals surface area contributed by atoms with Crippen LogP contribution < -0.4 is 5.32 Å². The number of hydrogen-bond acceptors (Lipinski definition) is 1. The lowest BCUT2D eigenvalue weighted by Gasteiger charge is -2.12. The predicted octanol–water partition coefficient (Wildman–Crippen LogP) is 2.67. The number of nitrogens with one attached hydrogen (secondary N) is 1. The molecule has 0 fully saturated rings. The molecule has 0 heterocycles. The molecule has 1 atom stereocenters. The molecule has 76 valence electrons. The van der Waals surface area contributed by atoms with Crippen LogP contribution in [0, 0.1) is 23.7 Å². The van der Waals surface area contributed by atoms with Gasteiger partial charge in [0.15, 0.2) is 0 Å². The van der Waals surface area contributed by atoms with Gasteiger partial charge in [0.2, 0.25) is 0 Å². The van der Waals surface area contributed by atoms with Gasteiger partial charge in [-0.25, -0.2) is 0 Å².